The molecule has 218 valence electrons. The van der Waals surface area contributed by atoms with Gasteiger partial charge in [0.1, 0.15) is 23.9 Å². The number of carbonyl (C=O) groups is 2. The molecule has 0 bridgehead atoms. The maximum atomic E-state index is 14.2. The second-order valence-corrected chi connectivity index (χ2v) is 11.3. The number of carbonyl (C=O) groups excluding carboxylic acids is 2. The van der Waals surface area contributed by atoms with Gasteiger partial charge < -0.3 is 23.4 Å². The molecule has 3 aromatic carbocycles. The predicted molar refractivity (Wildman–Crippen MR) is 148 cm³/mol. The Morgan fingerprint density at radius 2 is 1.52 bits per heavy atom. The van der Waals surface area contributed by atoms with E-state index in [4.69, 9.17) is 18.3 Å². The molecule has 1 amide bonds. The number of hydrogen-bond donors (Lipinski definition) is 1. The van der Waals surface area contributed by atoms with Crippen molar-refractivity contribution >= 4 is 25.4 Å². The van der Waals surface area contributed by atoms with Crippen LogP contribution in [-0.4, -0.2) is 39.0 Å². The SMILES string of the molecule is CC1C(OP(=O)(Oc2ccccc2)Oc2ccccc2)=C(C(=O)OCc2ccc([N+](=O)[O-])cc2)N2C(=O)C([C@@H](C)O)[C@H]12. The molecule has 4 atom stereocenters. The number of benzene rings is 3. The third-order valence-electron chi connectivity index (χ3n) is 6.95. The number of nitrogens with zero attached hydrogens (tertiary/aromatic N) is 2. The van der Waals surface area contributed by atoms with E-state index in [1.807, 2.05) is 0 Å². The summed E-state index contributed by atoms with van der Waals surface area (Å²) in [6.07, 6.45) is -1.02. The Kier molecular flexibility index (Phi) is 8.02. The summed E-state index contributed by atoms with van der Waals surface area (Å²) in [5.74, 6) is -2.82. The fourth-order valence-electron chi connectivity index (χ4n) is 4.96. The fourth-order valence-corrected chi connectivity index (χ4v) is 6.33. The average molecular weight is 595 g/mol. The van der Waals surface area contributed by atoms with Crippen molar-refractivity contribution in [3.8, 4) is 11.5 Å². The normalized spacial score (nSPS) is 20.3. The minimum atomic E-state index is -4.54. The quantitative estimate of drug-likeness (QED) is 0.106. The molecule has 2 aliphatic heterocycles. The van der Waals surface area contributed by atoms with Gasteiger partial charge in [0.05, 0.1) is 23.0 Å². The molecular weight excluding hydrogens is 567 g/mol. The fraction of sp³-hybridized carbons (Fsp3) is 0.241. The van der Waals surface area contributed by atoms with Crippen LogP contribution < -0.4 is 9.05 Å². The summed E-state index contributed by atoms with van der Waals surface area (Å²) in [5, 5.41) is 21.2. The van der Waals surface area contributed by atoms with Gasteiger partial charge in [-0.1, -0.05) is 43.3 Å². The Morgan fingerprint density at radius 3 is 2.02 bits per heavy atom. The molecule has 12 nitrogen and oxygen atoms in total. The Balaban J connectivity index is 1.48. The second-order valence-electron chi connectivity index (χ2n) is 9.81. The van der Waals surface area contributed by atoms with Crippen LogP contribution in [0.1, 0.15) is 19.4 Å². The minimum Gasteiger partial charge on any atom is -0.456 e. The van der Waals surface area contributed by atoms with Gasteiger partial charge >= 0.3 is 13.8 Å². The highest BCUT2D eigenvalue weighted by Crippen LogP contribution is 2.57. The van der Waals surface area contributed by atoms with E-state index >= 15 is 0 Å². The van der Waals surface area contributed by atoms with Gasteiger partial charge in [-0.25, -0.2) is 4.79 Å². The molecule has 13 heteroatoms. The number of fused-ring (bicyclic) bond motifs is 1. The number of nitro groups is 1. The summed E-state index contributed by atoms with van der Waals surface area (Å²) in [4.78, 5) is 38.1. The first-order valence-corrected chi connectivity index (χ1v) is 14.5. The predicted octanol–water partition coefficient (Wildman–Crippen LogP) is 4.99. The lowest BCUT2D eigenvalue weighted by Gasteiger charge is -2.46. The van der Waals surface area contributed by atoms with Crippen LogP contribution >= 0.6 is 7.82 Å². The molecule has 0 aliphatic carbocycles. The lowest BCUT2D eigenvalue weighted by molar-refractivity contribution is -0.384. The molecule has 2 heterocycles. The van der Waals surface area contributed by atoms with Crippen molar-refractivity contribution in [2.24, 2.45) is 11.8 Å². The van der Waals surface area contributed by atoms with Gasteiger partial charge in [0.25, 0.3) is 5.69 Å². The number of rotatable bonds is 11. The first-order valence-electron chi connectivity index (χ1n) is 13.0. The molecule has 0 aromatic heterocycles. The van der Waals surface area contributed by atoms with Crippen molar-refractivity contribution in [1.29, 1.82) is 0 Å². The van der Waals surface area contributed by atoms with Crippen LogP contribution in [0.4, 0.5) is 5.69 Å². The number of ether oxygens (including phenoxy) is 1. The van der Waals surface area contributed by atoms with Crippen LogP contribution in [0, 0.1) is 22.0 Å². The molecule has 3 aromatic rings. The van der Waals surface area contributed by atoms with E-state index in [1.165, 1.54) is 36.1 Å². The van der Waals surface area contributed by atoms with E-state index in [9.17, 15) is 29.4 Å². The van der Waals surface area contributed by atoms with Crippen LogP contribution in [0.3, 0.4) is 0 Å². The van der Waals surface area contributed by atoms with Crippen LogP contribution in [0.15, 0.2) is 96.4 Å². The van der Waals surface area contributed by atoms with Gasteiger partial charge in [-0.15, -0.1) is 0 Å². The Labute approximate surface area is 240 Å². The number of aliphatic hydroxyl groups is 1. The van der Waals surface area contributed by atoms with Gasteiger partial charge in [-0.3, -0.25) is 19.8 Å². The van der Waals surface area contributed by atoms with E-state index in [-0.39, 0.29) is 35.2 Å². The second kappa shape index (κ2) is 11.7. The smallest absolute Gasteiger partial charge is 0.456 e. The molecule has 1 N–H and O–H groups in total. The Hall–Kier alpha value is -4.67. The lowest BCUT2D eigenvalue weighted by Crippen LogP contribution is -2.63. The van der Waals surface area contributed by atoms with E-state index in [1.54, 1.807) is 67.6 Å². The summed E-state index contributed by atoms with van der Waals surface area (Å²) in [7, 11) is -4.54. The third-order valence-corrected chi connectivity index (χ3v) is 8.24. The van der Waals surface area contributed by atoms with E-state index in [0.29, 0.717) is 5.56 Å². The number of phosphoric acid groups is 1. The molecule has 0 spiro atoms. The van der Waals surface area contributed by atoms with Gasteiger partial charge in [0.2, 0.25) is 5.91 Å². The Bertz CT molecular complexity index is 1510. The minimum absolute atomic E-state index is 0.126. The van der Waals surface area contributed by atoms with E-state index in [2.05, 4.69) is 0 Å². The average Bonchev–Trinajstić information content (AvgIpc) is 3.20. The maximum absolute atomic E-state index is 14.2. The molecule has 42 heavy (non-hydrogen) atoms. The third kappa shape index (κ3) is 5.72. The van der Waals surface area contributed by atoms with Gasteiger partial charge in [-0.2, -0.15) is 4.57 Å². The molecule has 5 rings (SSSR count). The van der Waals surface area contributed by atoms with Crippen LogP contribution in [-0.2, 0) is 30.0 Å². The molecule has 1 saturated heterocycles. The van der Waals surface area contributed by atoms with Gasteiger partial charge in [0, 0.05) is 18.1 Å². The summed E-state index contributed by atoms with van der Waals surface area (Å²) in [6.45, 7) is 2.87. The summed E-state index contributed by atoms with van der Waals surface area (Å²) in [6, 6.07) is 21.1. The zero-order chi connectivity index (χ0) is 30.0. The number of amides is 1. The van der Waals surface area contributed by atoms with Crippen molar-refractivity contribution in [1.82, 2.24) is 4.90 Å². The lowest BCUT2D eigenvalue weighted by atomic mass is 9.79. The standard InChI is InChI=1S/C29H27N2O10P/c1-18-25-24(19(2)32)28(33)30(25)26(29(34)38-17-20-13-15-21(16-14-20)31(35)36)27(18)41-42(37,39-22-9-5-3-6-10-22)40-23-11-7-4-8-12-23/h3-16,18-19,24-25,32H,17H2,1-2H3/t18?,19-,24?,25+/m1/s1. The first-order chi connectivity index (χ1) is 20.1. The Morgan fingerprint density at radius 1 is 0.976 bits per heavy atom. The van der Waals surface area contributed by atoms with Crippen molar-refractivity contribution in [3.63, 3.8) is 0 Å². The number of esters is 1. The summed E-state index contributed by atoms with van der Waals surface area (Å²) in [5.41, 5.74) is 0.0469. The van der Waals surface area contributed by atoms with Crippen molar-refractivity contribution in [2.75, 3.05) is 0 Å². The van der Waals surface area contributed by atoms with E-state index < -0.39 is 48.6 Å². The zero-order valence-electron chi connectivity index (χ0n) is 22.6. The molecule has 0 radical (unpaired) electrons. The summed E-state index contributed by atoms with van der Waals surface area (Å²) < 4.78 is 37.0. The van der Waals surface area contributed by atoms with Crippen LogP contribution in [0.2, 0.25) is 0 Å². The van der Waals surface area contributed by atoms with Crippen LogP contribution in [0.5, 0.6) is 11.5 Å². The van der Waals surface area contributed by atoms with Crippen molar-refractivity contribution < 1.29 is 42.5 Å². The molecule has 2 aliphatic rings. The van der Waals surface area contributed by atoms with Crippen molar-refractivity contribution in [2.45, 2.75) is 32.6 Å². The number of nitro benzene ring substituents is 1. The highest BCUT2D eigenvalue weighted by molar-refractivity contribution is 7.49. The highest BCUT2D eigenvalue weighted by Gasteiger charge is 2.62. The highest BCUT2D eigenvalue weighted by atomic mass is 31.2. The largest absolute Gasteiger partial charge is 0.646 e. The van der Waals surface area contributed by atoms with Gasteiger partial charge in [-0.05, 0) is 48.9 Å². The zero-order valence-corrected chi connectivity index (χ0v) is 23.5. The van der Waals surface area contributed by atoms with Crippen molar-refractivity contribution in [3.05, 3.63) is 112 Å². The molecule has 0 saturated carbocycles. The van der Waals surface area contributed by atoms with Crippen LogP contribution in [0.25, 0.3) is 0 Å². The molecule has 1 fully saturated rings. The number of hydrogen-bond acceptors (Lipinski definition) is 10. The summed E-state index contributed by atoms with van der Waals surface area (Å²) >= 11 is 0. The van der Waals surface area contributed by atoms with E-state index in [0.717, 1.165) is 0 Å². The number of para-hydroxylation sites is 2. The molecule has 2 unspecified atom stereocenters. The number of aliphatic hydroxyl groups excluding tert-OH is 1. The first kappa shape index (κ1) is 28.8. The number of phosphoric ester groups is 1. The topological polar surface area (TPSA) is 155 Å². The maximum Gasteiger partial charge on any atom is 0.646 e. The monoisotopic (exact) mass is 594 g/mol. The number of non-ortho nitro benzene ring substituents is 1. The van der Waals surface area contributed by atoms with Gasteiger partial charge in [0.15, 0.2) is 5.70 Å². The number of β-lactam (4-membered cyclic amide) rings is 1. The molecular formula is C29H27N2O10P.